The molecule has 0 saturated carbocycles. The molecule has 0 saturated heterocycles. The summed E-state index contributed by atoms with van der Waals surface area (Å²) >= 11 is 0. The molecule has 3 aromatic rings. The second kappa shape index (κ2) is 7.16. The largest absolute Gasteiger partial charge is 0.336 e. The summed E-state index contributed by atoms with van der Waals surface area (Å²) < 4.78 is 25.3. The minimum absolute atomic E-state index is 0.142. The average molecular weight is 397 g/mol. The monoisotopic (exact) mass is 397 g/mol. The first-order chi connectivity index (χ1) is 13.4. The van der Waals surface area contributed by atoms with Crippen LogP contribution in [0, 0.1) is 0 Å². The van der Waals surface area contributed by atoms with Crippen LogP contribution >= 0.6 is 0 Å². The van der Waals surface area contributed by atoms with Gasteiger partial charge < -0.3 is 4.90 Å². The van der Waals surface area contributed by atoms with Crippen molar-refractivity contribution in [2.45, 2.75) is 17.9 Å². The Morgan fingerprint density at radius 3 is 2.71 bits per heavy atom. The predicted molar refractivity (Wildman–Crippen MR) is 102 cm³/mol. The van der Waals surface area contributed by atoms with Gasteiger partial charge in [0.2, 0.25) is 0 Å². The molecule has 28 heavy (non-hydrogen) atoms. The summed E-state index contributed by atoms with van der Waals surface area (Å²) in [6.45, 7) is 1.50. The van der Waals surface area contributed by atoms with Crippen LogP contribution in [0.4, 0.5) is 0 Å². The van der Waals surface area contributed by atoms with Gasteiger partial charge in [0, 0.05) is 49.3 Å². The molecule has 1 amide bonds. The molecule has 1 aromatic carbocycles. The highest BCUT2D eigenvalue weighted by molar-refractivity contribution is 7.90. The van der Waals surface area contributed by atoms with Gasteiger partial charge in [-0.2, -0.15) is 5.10 Å². The van der Waals surface area contributed by atoms with Crippen LogP contribution < -0.4 is 0 Å². The Morgan fingerprint density at radius 2 is 1.96 bits per heavy atom. The maximum absolute atomic E-state index is 12.9. The Balaban J connectivity index is 1.52. The lowest BCUT2D eigenvalue weighted by atomic mass is 10.2. The van der Waals surface area contributed by atoms with Gasteiger partial charge in [-0.3, -0.25) is 9.78 Å². The Labute approximate surface area is 162 Å². The summed E-state index contributed by atoms with van der Waals surface area (Å²) in [5.74, 6) is 1.26. The molecule has 0 radical (unpaired) electrons. The number of pyridine rings is 1. The average Bonchev–Trinajstić information content (AvgIpc) is 3.01. The smallest absolute Gasteiger partial charge is 0.253 e. The van der Waals surface area contributed by atoms with Gasteiger partial charge in [0.25, 0.3) is 5.91 Å². The van der Waals surface area contributed by atoms with Crippen molar-refractivity contribution in [3.63, 3.8) is 0 Å². The third kappa shape index (κ3) is 3.65. The highest BCUT2D eigenvalue weighted by Crippen LogP contribution is 2.18. The van der Waals surface area contributed by atoms with E-state index in [-0.39, 0.29) is 10.8 Å². The zero-order valence-corrected chi connectivity index (χ0v) is 16.1. The van der Waals surface area contributed by atoms with Crippen molar-refractivity contribution in [1.82, 2.24) is 24.6 Å². The lowest BCUT2D eigenvalue weighted by Crippen LogP contribution is -2.33. The number of fused-ring (bicyclic) bond motifs is 1. The van der Waals surface area contributed by atoms with Crippen LogP contribution in [0.3, 0.4) is 0 Å². The molecule has 0 spiro atoms. The fourth-order valence-corrected chi connectivity index (χ4v) is 3.83. The first-order valence-corrected chi connectivity index (χ1v) is 10.7. The zero-order valence-electron chi connectivity index (χ0n) is 15.3. The third-order valence-corrected chi connectivity index (χ3v) is 5.76. The minimum Gasteiger partial charge on any atom is -0.336 e. The first kappa shape index (κ1) is 18.3. The summed E-state index contributed by atoms with van der Waals surface area (Å²) in [6.07, 6.45) is 5.13. The second-order valence-corrected chi connectivity index (χ2v) is 8.67. The van der Waals surface area contributed by atoms with Gasteiger partial charge in [0.1, 0.15) is 5.82 Å². The molecular weight excluding hydrogens is 378 g/mol. The van der Waals surface area contributed by atoms with Crippen LogP contribution in [0.1, 0.15) is 16.2 Å². The van der Waals surface area contributed by atoms with Crippen LogP contribution in [0.15, 0.2) is 53.7 Å². The molecule has 0 aliphatic carbocycles. The van der Waals surface area contributed by atoms with Gasteiger partial charge in [-0.25, -0.2) is 18.1 Å². The van der Waals surface area contributed by atoms with Gasteiger partial charge in [0.15, 0.2) is 15.7 Å². The second-order valence-electron chi connectivity index (χ2n) is 6.66. The molecule has 1 aliphatic rings. The number of sulfone groups is 1. The molecule has 144 valence electrons. The van der Waals surface area contributed by atoms with Crippen LogP contribution in [-0.4, -0.2) is 58.3 Å². The SMILES string of the molecule is CS(=O)(=O)c1cccc(C(=O)N2CCc3nc(-c4cccnc4)nn3CC2)c1. The molecule has 3 heterocycles. The van der Waals surface area contributed by atoms with Crippen LogP contribution in [0.25, 0.3) is 11.4 Å². The van der Waals surface area contributed by atoms with E-state index < -0.39 is 9.84 Å². The van der Waals surface area contributed by atoms with E-state index in [0.717, 1.165) is 17.6 Å². The lowest BCUT2D eigenvalue weighted by molar-refractivity contribution is 0.0758. The van der Waals surface area contributed by atoms with E-state index in [4.69, 9.17) is 0 Å². The molecule has 0 atom stereocenters. The van der Waals surface area contributed by atoms with Gasteiger partial charge in [-0.1, -0.05) is 6.07 Å². The minimum atomic E-state index is -3.36. The molecule has 0 bridgehead atoms. The first-order valence-electron chi connectivity index (χ1n) is 8.85. The summed E-state index contributed by atoms with van der Waals surface area (Å²) in [6, 6.07) is 9.90. The van der Waals surface area contributed by atoms with E-state index in [1.54, 1.807) is 29.4 Å². The van der Waals surface area contributed by atoms with Crippen molar-refractivity contribution >= 4 is 15.7 Å². The summed E-state index contributed by atoms with van der Waals surface area (Å²) in [5, 5.41) is 4.54. The number of nitrogens with zero attached hydrogens (tertiary/aromatic N) is 5. The highest BCUT2D eigenvalue weighted by Gasteiger charge is 2.23. The maximum Gasteiger partial charge on any atom is 0.253 e. The number of amides is 1. The van der Waals surface area contributed by atoms with E-state index in [0.29, 0.717) is 37.4 Å². The molecule has 1 aliphatic heterocycles. The number of hydrogen-bond donors (Lipinski definition) is 0. The molecular formula is C19H19N5O3S. The molecule has 0 unspecified atom stereocenters. The fourth-order valence-electron chi connectivity index (χ4n) is 3.16. The summed E-state index contributed by atoms with van der Waals surface area (Å²) in [4.78, 5) is 23.4. The van der Waals surface area contributed by atoms with Crippen LogP contribution in [0.2, 0.25) is 0 Å². The van der Waals surface area contributed by atoms with Crippen molar-refractivity contribution in [3.8, 4) is 11.4 Å². The molecule has 0 fully saturated rings. The van der Waals surface area contributed by atoms with Crippen LogP contribution in [0.5, 0.6) is 0 Å². The Morgan fingerprint density at radius 1 is 1.11 bits per heavy atom. The molecule has 8 nitrogen and oxygen atoms in total. The summed E-state index contributed by atoms with van der Waals surface area (Å²) in [7, 11) is -3.36. The van der Waals surface area contributed by atoms with Crippen LogP contribution in [-0.2, 0) is 22.8 Å². The van der Waals surface area contributed by atoms with Gasteiger partial charge >= 0.3 is 0 Å². The normalized spacial score (nSPS) is 14.4. The predicted octanol–water partition coefficient (Wildman–Crippen LogP) is 1.44. The maximum atomic E-state index is 12.9. The fraction of sp³-hybridized carbons (Fsp3) is 0.263. The Bertz CT molecular complexity index is 1100. The number of hydrogen-bond acceptors (Lipinski definition) is 6. The van der Waals surface area contributed by atoms with Gasteiger partial charge in [-0.15, -0.1) is 0 Å². The number of rotatable bonds is 3. The zero-order chi connectivity index (χ0) is 19.7. The quantitative estimate of drug-likeness (QED) is 0.663. The van der Waals surface area contributed by atoms with Gasteiger partial charge in [0.05, 0.1) is 11.4 Å². The number of benzene rings is 1. The Hall–Kier alpha value is -3.07. The van der Waals surface area contributed by atoms with Crippen molar-refractivity contribution in [2.75, 3.05) is 19.3 Å². The summed E-state index contributed by atoms with van der Waals surface area (Å²) in [5.41, 5.74) is 1.22. The number of carbonyl (C=O) groups is 1. The lowest BCUT2D eigenvalue weighted by Gasteiger charge is -2.20. The van der Waals surface area contributed by atoms with Crippen molar-refractivity contribution < 1.29 is 13.2 Å². The number of aromatic nitrogens is 4. The third-order valence-electron chi connectivity index (χ3n) is 4.65. The molecule has 9 heteroatoms. The Kier molecular flexibility index (Phi) is 4.68. The van der Waals surface area contributed by atoms with Crippen molar-refractivity contribution in [2.24, 2.45) is 0 Å². The van der Waals surface area contributed by atoms with E-state index >= 15 is 0 Å². The topological polar surface area (TPSA) is 98.1 Å². The molecule has 0 N–H and O–H groups in total. The molecule has 4 rings (SSSR count). The molecule has 2 aromatic heterocycles. The standard InChI is InChI=1S/C19H19N5O3S/c1-28(26,27)16-6-2-4-14(12-16)19(25)23-9-7-17-21-18(22-24(17)11-10-23)15-5-3-8-20-13-15/h2-6,8,12-13H,7,9-11H2,1H3. The van der Waals surface area contributed by atoms with Crippen molar-refractivity contribution in [1.29, 1.82) is 0 Å². The van der Waals surface area contributed by atoms with E-state index in [1.165, 1.54) is 12.1 Å². The van der Waals surface area contributed by atoms with E-state index in [1.807, 2.05) is 16.8 Å². The van der Waals surface area contributed by atoms with E-state index in [9.17, 15) is 13.2 Å². The number of carbonyl (C=O) groups excluding carboxylic acids is 1. The van der Waals surface area contributed by atoms with Crippen molar-refractivity contribution in [3.05, 3.63) is 60.2 Å². The van der Waals surface area contributed by atoms with E-state index in [2.05, 4.69) is 15.1 Å². The highest BCUT2D eigenvalue weighted by atomic mass is 32.2. The van der Waals surface area contributed by atoms with Gasteiger partial charge in [-0.05, 0) is 30.3 Å².